The van der Waals surface area contributed by atoms with Gasteiger partial charge in [0.2, 0.25) is 11.6 Å². The first-order valence-corrected chi connectivity index (χ1v) is 18.0. The van der Waals surface area contributed by atoms with Gasteiger partial charge in [-0.15, -0.1) is 0 Å². The number of allylic oxidation sites excluding steroid dienone is 4. The van der Waals surface area contributed by atoms with Crippen molar-refractivity contribution >= 4 is 57.2 Å². The summed E-state index contributed by atoms with van der Waals surface area (Å²) in [6.07, 6.45) is 2.38. The van der Waals surface area contributed by atoms with Crippen LogP contribution in [0.1, 0.15) is 81.8 Å². The minimum absolute atomic E-state index is 0.0103. The topological polar surface area (TPSA) is 254 Å². The lowest BCUT2D eigenvalue weighted by Crippen LogP contribution is -2.20. The molecule has 0 amide bonds. The van der Waals surface area contributed by atoms with E-state index in [1.807, 2.05) is 0 Å². The Balaban J connectivity index is 1.61. The van der Waals surface area contributed by atoms with E-state index in [0.29, 0.717) is 22.3 Å². The van der Waals surface area contributed by atoms with E-state index in [-0.39, 0.29) is 55.9 Å². The summed E-state index contributed by atoms with van der Waals surface area (Å²) in [5.41, 5.74) is 1.14. The summed E-state index contributed by atoms with van der Waals surface area (Å²) in [6.45, 7) is 10.3. The van der Waals surface area contributed by atoms with E-state index in [9.17, 15) is 60.0 Å². The third kappa shape index (κ3) is 6.63. The normalized spacial score (nSPS) is 15.4. The van der Waals surface area contributed by atoms with E-state index in [2.05, 4.69) is 10.6 Å². The molecule has 0 aromatic heterocycles. The molecule has 4 aromatic rings. The first-order chi connectivity index (χ1) is 27.3. The average Bonchev–Trinajstić information content (AvgIpc) is 3.14. The number of nitrogens with one attached hydrogen (secondary N) is 2. The summed E-state index contributed by atoms with van der Waals surface area (Å²) >= 11 is 0. The largest absolute Gasteiger partial charge is 0.507 e. The van der Waals surface area contributed by atoms with Crippen LogP contribution < -0.4 is 10.6 Å². The monoisotopic (exact) mass is 788 g/mol. The van der Waals surface area contributed by atoms with Gasteiger partial charge in [0.1, 0.15) is 34.1 Å². The van der Waals surface area contributed by atoms with E-state index in [4.69, 9.17) is 0 Å². The highest BCUT2D eigenvalue weighted by molar-refractivity contribution is 6.35. The van der Waals surface area contributed by atoms with Gasteiger partial charge in [-0.25, -0.2) is 9.59 Å². The number of aliphatic hydroxyl groups excluding tert-OH is 2. The van der Waals surface area contributed by atoms with Gasteiger partial charge in [-0.2, -0.15) is 0 Å². The van der Waals surface area contributed by atoms with Gasteiger partial charge in [0, 0.05) is 57.2 Å². The number of Topliss-reactive ketones (excluding diaryl/α,β-unsaturated/α-hetero) is 2. The number of fused-ring (bicyclic) bond motifs is 2. The molecule has 0 spiro atoms. The number of aliphatic hydroxyl groups is 2. The van der Waals surface area contributed by atoms with Crippen LogP contribution in [0.15, 0.2) is 72.4 Å². The third-order valence-electron chi connectivity index (χ3n) is 10.2. The Bertz CT molecular complexity index is 2460. The van der Waals surface area contributed by atoms with Gasteiger partial charge in [0.05, 0.1) is 11.1 Å². The molecule has 298 valence electrons. The molecule has 10 N–H and O–H groups in total. The molecule has 0 radical (unpaired) electrons. The minimum Gasteiger partial charge on any atom is -0.507 e. The number of aromatic carboxylic acids is 2. The van der Waals surface area contributed by atoms with Crippen molar-refractivity contribution in [1.29, 1.82) is 0 Å². The highest BCUT2D eigenvalue weighted by Gasteiger charge is 2.38. The zero-order valence-corrected chi connectivity index (χ0v) is 32.1. The minimum atomic E-state index is -1.40. The molecule has 2 aliphatic carbocycles. The second kappa shape index (κ2) is 14.9. The van der Waals surface area contributed by atoms with E-state index < -0.39 is 81.0 Å². The van der Waals surface area contributed by atoms with Crippen LogP contribution in [0.4, 0.5) is 11.4 Å². The maximum atomic E-state index is 13.9. The lowest BCUT2D eigenvalue weighted by atomic mass is 9.75. The molecule has 0 heterocycles. The summed E-state index contributed by atoms with van der Waals surface area (Å²) in [5.74, 6) is -8.36. The predicted octanol–water partition coefficient (Wildman–Crippen LogP) is 8.11. The number of anilines is 2. The Labute approximate surface area is 331 Å². The third-order valence-corrected chi connectivity index (χ3v) is 10.2. The van der Waals surface area contributed by atoms with E-state index in [1.54, 1.807) is 53.7 Å². The number of phenolic OH excluding ortho intramolecular Hbond substituents is 2. The molecular formula is C44H40N2O12. The molecule has 0 bridgehead atoms. The average molecular weight is 789 g/mol. The van der Waals surface area contributed by atoms with Crippen molar-refractivity contribution in [2.24, 2.45) is 11.8 Å². The van der Waals surface area contributed by atoms with Gasteiger partial charge in [0.25, 0.3) is 0 Å². The Hall–Kier alpha value is -7.48. The molecule has 0 saturated heterocycles. The van der Waals surface area contributed by atoms with Gasteiger partial charge in [-0.3, -0.25) is 9.59 Å². The highest BCUT2D eigenvalue weighted by Crippen LogP contribution is 2.53. The smallest absolute Gasteiger partial charge is 0.339 e. The fourth-order valence-electron chi connectivity index (χ4n) is 7.53. The van der Waals surface area contributed by atoms with Gasteiger partial charge in [0.15, 0.2) is 11.5 Å². The summed E-state index contributed by atoms with van der Waals surface area (Å²) in [5, 5.41) is 91.8. The lowest BCUT2D eigenvalue weighted by molar-refractivity contribution is -0.113. The number of ketones is 2. The number of carboxylic acids is 2. The Morgan fingerprint density at radius 2 is 0.897 bits per heavy atom. The van der Waals surface area contributed by atoms with E-state index in [1.165, 1.54) is 24.5 Å². The fraction of sp³-hybridized carbons (Fsp3) is 0.182. The van der Waals surface area contributed by atoms with Crippen LogP contribution in [0.2, 0.25) is 0 Å². The van der Waals surface area contributed by atoms with Crippen LogP contribution in [0.25, 0.3) is 33.4 Å². The van der Waals surface area contributed by atoms with Crippen molar-refractivity contribution in [1.82, 2.24) is 0 Å². The molecule has 0 unspecified atom stereocenters. The first kappa shape index (κ1) is 40.2. The molecule has 14 nitrogen and oxygen atoms in total. The Morgan fingerprint density at radius 3 is 1.21 bits per heavy atom. The van der Waals surface area contributed by atoms with Crippen molar-refractivity contribution in [2.45, 2.75) is 41.5 Å². The SMILES string of the molecule is Cc1cc2c(c(O)c1-c1c(C)cc3c(c1O)/C(=C/Nc1ccc(O)c(C(=O)O)c1)C(=O)C(O)=C3C(C)C)/C(=C/Nc1ccc(O)c(C(=O)O)c1)C(=O)C(O)=C2C(C)C. The number of aromatic hydroxyl groups is 4. The molecule has 0 fully saturated rings. The van der Waals surface area contributed by atoms with Crippen LogP contribution in [-0.4, -0.2) is 64.4 Å². The van der Waals surface area contributed by atoms with E-state index in [0.717, 1.165) is 24.3 Å². The van der Waals surface area contributed by atoms with Crippen molar-refractivity contribution in [3.63, 3.8) is 0 Å². The van der Waals surface area contributed by atoms with Gasteiger partial charge < -0.3 is 51.5 Å². The summed E-state index contributed by atoms with van der Waals surface area (Å²) in [7, 11) is 0. The fourth-order valence-corrected chi connectivity index (χ4v) is 7.53. The number of hydrogen-bond donors (Lipinski definition) is 10. The number of carbonyl (C=O) groups is 4. The van der Waals surface area contributed by atoms with Crippen LogP contribution in [0, 0.1) is 25.7 Å². The van der Waals surface area contributed by atoms with Crippen molar-refractivity contribution < 1.29 is 60.0 Å². The number of hydrogen-bond acceptors (Lipinski definition) is 12. The number of aryl methyl sites for hydroxylation is 2. The molecule has 6 rings (SSSR count). The zero-order valence-electron chi connectivity index (χ0n) is 32.1. The van der Waals surface area contributed by atoms with Crippen LogP contribution >= 0.6 is 0 Å². The molecule has 58 heavy (non-hydrogen) atoms. The standard InChI is InChI=1S/C44H40N2O12/c1-17(2)31-25-11-19(5)33(39(51)35(25)27(37(49)41(31)53)15-45-21-7-9-29(47)23(13-21)43(55)56)34-20(6)12-26-32(18(3)4)42(54)38(50)28(36(26)40(34)52)16-46-22-8-10-30(48)24(14-22)44(57)58/h7-18,45-48,51-54H,1-6H3,(H,55,56)(H,57,58)/b27-15-,28-16-. The van der Waals surface area contributed by atoms with Crippen LogP contribution in [-0.2, 0) is 9.59 Å². The van der Waals surface area contributed by atoms with Gasteiger partial charge in [-0.05, 0) is 84.3 Å². The van der Waals surface area contributed by atoms with Crippen molar-refractivity contribution in [3.05, 3.63) is 117 Å². The summed E-state index contributed by atoms with van der Waals surface area (Å²) in [6, 6.07) is 10.6. The highest BCUT2D eigenvalue weighted by atomic mass is 16.4. The number of rotatable bonds is 9. The van der Waals surface area contributed by atoms with Crippen LogP contribution in [0.5, 0.6) is 23.0 Å². The number of carbonyl (C=O) groups excluding carboxylic acids is 2. The molecule has 14 heteroatoms. The number of benzene rings is 4. The number of phenols is 4. The van der Waals surface area contributed by atoms with E-state index >= 15 is 0 Å². The van der Waals surface area contributed by atoms with Crippen molar-refractivity contribution in [3.8, 4) is 34.1 Å². The Kier molecular flexibility index (Phi) is 10.3. The second-order valence-electron chi connectivity index (χ2n) is 14.7. The molecular weight excluding hydrogens is 748 g/mol. The lowest BCUT2D eigenvalue weighted by Gasteiger charge is -2.29. The van der Waals surface area contributed by atoms with Gasteiger partial charge >= 0.3 is 11.9 Å². The molecule has 0 aliphatic heterocycles. The molecule has 4 aromatic carbocycles. The molecule has 0 atom stereocenters. The summed E-state index contributed by atoms with van der Waals surface area (Å²) < 4.78 is 0. The summed E-state index contributed by atoms with van der Waals surface area (Å²) in [4.78, 5) is 51.1. The number of carboxylic acid groups (broad SMARTS) is 2. The molecule has 2 aliphatic rings. The first-order valence-electron chi connectivity index (χ1n) is 18.0. The zero-order chi connectivity index (χ0) is 42.7. The van der Waals surface area contributed by atoms with Crippen LogP contribution in [0.3, 0.4) is 0 Å². The predicted molar refractivity (Wildman–Crippen MR) is 217 cm³/mol. The van der Waals surface area contributed by atoms with Gasteiger partial charge in [-0.1, -0.05) is 39.8 Å². The van der Waals surface area contributed by atoms with Crippen molar-refractivity contribution in [2.75, 3.05) is 10.6 Å². The Morgan fingerprint density at radius 1 is 0.552 bits per heavy atom. The quantitative estimate of drug-likeness (QED) is 0.0568. The molecule has 0 saturated carbocycles. The maximum absolute atomic E-state index is 13.9. The second-order valence-corrected chi connectivity index (χ2v) is 14.7. The maximum Gasteiger partial charge on any atom is 0.339 e.